The second kappa shape index (κ2) is 3.89. The zero-order valence-corrected chi connectivity index (χ0v) is 11.2. The Bertz CT molecular complexity index is 570. The quantitative estimate of drug-likeness (QED) is 0.770. The zero-order chi connectivity index (χ0) is 12.0. The summed E-state index contributed by atoms with van der Waals surface area (Å²) in [5.41, 5.74) is 2.24. The van der Waals surface area contributed by atoms with E-state index in [-0.39, 0.29) is 5.54 Å². The van der Waals surface area contributed by atoms with Crippen LogP contribution in [0.5, 0.6) is 0 Å². The summed E-state index contributed by atoms with van der Waals surface area (Å²) < 4.78 is 2.30. The summed E-state index contributed by atoms with van der Waals surface area (Å²) >= 11 is 12.2. The SMILES string of the molecule is CC1(n2c(CCCl)nc3cccc(Cl)c32)CC1. The lowest BCUT2D eigenvalue weighted by atomic mass is 10.2. The zero-order valence-electron chi connectivity index (χ0n) is 9.71. The molecule has 3 rings (SSSR count). The molecule has 0 bridgehead atoms. The molecule has 1 aliphatic carbocycles. The number of nitrogens with zero attached hydrogens (tertiary/aromatic N) is 2. The summed E-state index contributed by atoms with van der Waals surface area (Å²) in [5, 5.41) is 0.781. The van der Waals surface area contributed by atoms with Crippen LogP contribution in [0.15, 0.2) is 18.2 Å². The van der Waals surface area contributed by atoms with E-state index in [1.165, 1.54) is 12.8 Å². The molecule has 0 unspecified atom stereocenters. The van der Waals surface area contributed by atoms with Crippen LogP contribution in [0, 0.1) is 0 Å². The standard InChI is InChI=1S/C13H14Cl2N2/c1-13(6-7-13)17-11(5-8-14)16-10-4-2-3-9(15)12(10)17/h2-4H,5-8H2,1H3. The van der Waals surface area contributed by atoms with Crippen molar-refractivity contribution in [2.24, 2.45) is 0 Å². The molecule has 0 aliphatic heterocycles. The fourth-order valence-electron chi connectivity index (χ4n) is 2.37. The van der Waals surface area contributed by atoms with Crippen LogP contribution >= 0.6 is 23.2 Å². The van der Waals surface area contributed by atoms with E-state index in [9.17, 15) is 0 Å². The minimum Gasteiger partial charge on any atom is -0.321 e. The van der Waals surface area contributed by atoms with Gasteiger partial charge in [-0.2, -0.15) is 0 Å². The first-order valence-electron chi connectivity index (χ1n) is 5.88. The molecular formula is C13H14Cl2N2. The lowest BCUT2D eigenvalue weighted by Gasteiger charge is -2.16. The number of hydrogen-bond acceptors (Lipinski definition) is 1. The van der Waals surface area contributed by atoms with Crippen LogP contribution in [0.3, 0.4) is 0 Å². The summed E-state index contributed by atoms with van der Waals surface area (Å²) in [6.45, 7) is 2.26. The van der Waals surface area contributed by atoms with Crippen molar-refractivity contribution in [2.75, 3.05) is 5.88 Å². The van der Waals surface area contributed by atoms with Gasteiger partial charge in [-0.3, -0.25) is 0 Å². The van der Waals surface area contributed by atoms with Gasteiger partial charge in [0.25, 0.3) is 0 Å². The van der Waals surface area contributed by atoms with E-state index in [1.54, 1.807) is 0 Å². The van der Waals surface area contributed by atoms with E-state index in [0.29, 0.717) is 5.88 Å². The van der Waals surface area contributed by atoms with Crippen LogP contribution in [0.1, 0.15) is 25.6 Å². The number of aryl methyl sites for hydroxylation is 1. The molecule has 17 heavy (non-hydrogen) atoms. The number of benzene rings is 1. The molecule has 90 valence electrons. The predicted molar refractivity (Wildman–Crippen MR) is 72.0 cm³/mol. The molecule has 0 N–H and O–H groups in total. The predicted octanol–water partition coefficient (Wildman–Crippen LogP) is 3.98. The summed E-state index contributed by atoms with van der Waals surface area (Å²) in [6, 6.07) is 5.89. The van der Waals surface area contributed by atoms with Crippen molar-refractivity contribution in [3.63, 3.8) is 0 Å². The summed E-state index contributed by atoms with van der Waals surface area (Å²) in [5.74, 6) is 1.65. The molecule has 1 aromatic heterocycles. The Morgan fingerprint density at radius 3 is 2.82 bits per heavy atom. The maximum atomic E-state index is 6.32. The second-order valence-electron chi connectivity index (χ2n) is 4.91. The molecule has 2 nitrogen and oxygen atoms in total. The highest BCUT2D eigenvalue weighted by Gasteiger charge is 2.42. The number of aromatic nitrogens is 2. The minimum atomic E-state index is 0.196. The molecule has 2 aromatic rings. The maximum Gasteiger partial charge on any atom is 0.111 e. The summed E-state index contributed by atoms with van der Waals surface area (Å²) in [7, 11) is 0. The Labute approximate surface area is 111 Å². The van der Waals surface area contributed by atoms with Gasteiger partial charge in [-0.1, -0.05) is 17.7 Å². The first-order chi connectivity index (χ1) is 8.15. The van der Waals surface area contributed by atoms with Gasteiger partial charge in [-0.05, 0) is 31.9 Å². The third kappa shape index (κ3) is 1.74. The Morgan fingerprint density at radius 1 is 1.41 bits per heavy atom. The number of hydrogen-bond donors (Lipinski definition) is 0. The van der Waals surface area contributed by atoms with E-state index in [2.05, 4.69) is 16.5 Å². The number of halogens is 2. The summed E-state index contributed by atoms with van der Waals surface area (Å²) in [6.07, 6.45) is 3.18. The van der Waals surface area contributed by atoms with Crippen LogP contribution < -0.4 is 0 Å². The molecule has 1 aromatic carbocycles. The van der Waals surface area contributed by atoms with Crippen molar-refractivity contribution in [3.05, 3.63) is 29.0 Å². The third-order valence-corrected chi connectivity index (χ3v) is 4.02. The smallest absolute Gasteiger partial charge is 0.111 e. The van der Waals surface area contributed by atoms with Crippen molar-refractivity contribution in [1.82, 2.24) is 9.55 Å². The first kappa shape index (κ1) is 11.4. The largest absolute Gasteiger partial charge is 0.321 e. The lowest BCUT2D eigenvalue weighted by Crippen LogP contribution is -2.16. The van der Waals surface area contributed by atoms with Gasteiger partial charge in [-0.15, -0.1) is 11.6 Å². The van der Waals surface area contributed by atoms with Gasteiger partial charge in [0.15, 0.2) is 0 Å². The highest BCUT2D eigenvalue weighted by Crippen LogP contribution is 2.46. The molecular weight excluding hydrogens is 255 g/mol. The van der Waals surface area contributed by atoms with Crippen LogP contribution in [-0.2, 0) is 12.0 Å². The number of imidazole rings is 1. The van der Waals surface area contributed by atoms with Gasteiger partial charge in [-0.25, -0.2) is 4.98 Å². The van der Waals surface area contributed by atoms with E-state index in [0.717, 1.165) is 28.3 Å². The Morgan fingerprint density at radius 2 is 2.18 bits per heavy atom. The molecule has 1 fully saturated rings. The number of alkyl halides is 1. The lowest BCUT2D eigenvalue weighted by molar-refractivity contribution is 0.525. The molecule has 0 atom stereocenters. The highest BCUT2D eigenvalue weighted by atomic mass is 35.5. The minimum absolute atomic E-state index is 0.196. The monoisotopic (exact) mass is 268 g/mol. The maximum absolute atomic E-state index is 6.32. The first-order valence-corrected chi connectivity index (χ1v) is 6.79. The number of para-hydroxylation sites is 1. The van der Waals surface area contributed by atoms with Crippen molar-refractivity contribution in [2.45, 2.75) is 31.7 Å². The van der Waals surface area contributed by atoms with Gasteiger partial charge >= 0.3 is 0 Å². The molecule has 4 heteroatoms. The van der Waals surface area contributed by atoms with Crippen molar-refractivity contribution < 1.29 is 0 Å². The van der Waals surface area contributed by atoms with E-state index in [4.69, 9.17) is 23.2 Å². The number of fused-ring (bicyclic) bond motifs is 1. The van der Waals surface area contributed by atoms with E-state index in [1.807, 2.05) is 18.2 Å². The van der Waals surface area contributed by atoms with Crippen molar-refractivity contribution >= 4 is 34.2 Å². The van der Waals surface area contributed by atoms with Crippen LogP contribution in [-0.4, -0.2) is 15.4 Å². The van der Waals surface area contributed by atoms with Gasteiger partial charge in [0.2, 0.25) is 0 Å². The Kier molecular flexibility index (Phi) is 2.60. The fraction of sp³-hybridized carbons (Fsp3) is 0.462. The Hall–Kier alpha value is -0.730. The second-order valence-corrected chi connectivity index (χ2v) is 5.69. The average Bonchev–Trinajstić information content (AvgIpc) is 2.90. The van der Waals surface area contributed by atoms with Crippen LogP contribution in [0.4, 0.5) is 0 Å². The molecule has 0 amide bonds. The van der Waals surface area contributed by atoms with Crippen LogP contribution in [0.2, 0.25) is 5.02 Å². The Balaban J connectivity index is 2.30. The van der Waals surface area contributed by atoms with Crippen LogP contribution in [0.25, 0.3) is 11.0 Å². The van der Waals surface area contributed by atoms with E-state index >= 15 is 0 Å². The average molecular weight is 269 g/mol. The van der Waals surface area contributed by atoms with Gasteiger partial charge in [0, 0.05) is 17.8 Å². The van der Waals surface area contributed by atoms with Gasteiger partial charge in [0.1, 0.15) is 5.82 Å². The molecule has 0 radical (unpaired) electrons. The van der Waals surface area contributed by atoms with Crippen molar-refractivity contribution in [1.29, 1.82) is 0 Å². The normalized spacial score (nSPS) is 17.6. The van der Waals surface area contributed by atoms with Gasteiger partial charge in [0.05, 0.1) is 16.1 Å². The molecule has 1 saturated carbocycles. The fourth-order valence-corrected chi connectivity index (χ4v) is 2.79. The van der Waals surface area contributed by atoms with E-state index < -0.39 is 0 Å². The molecule has 0 saturated heterocycles. The molecule has 1 aliphatic rings. The third-order valence-electron chi connectivity index (χ3n) is 3.53. The van der Waals surface area contributed by atoms with Crippen molar-refractivity contribution in [3.8, 4) is 0 Å². The summed E-state index contributed by atoms with van der Waals surface area (Å²) in [4.78, 5) is 4.66. The number of rotatable bonds is 3. The van der Waals surface area contributed by atoms with Gasteiger partial charge < -0.3 is 4.57 Å². The molecule has 1 heterocycles. The highest BCUT2D eigenvalue weighted by molar-refractivity contribution is 6.35. The topological polar surface area (TPSA) is 17.8 Å². The molecule has 0 spiro atoms.